The topological polar surface area (TPSA) is 77.2 Å². The predicted molar refractivity (Wildman–Crippen MR) is 111 cm³/mol. The van der Waals surface area contributed by atoms with Crippen LogP contribution in [0.2, 0.25) is 5.02 Å². The van der Waals surface area contributed by atoms with E-state index in [4.69, 9.17) is 20.9 Å². The molecule has 0 saturated carbocycles. The number of hydrogen-bond donors (Lipinski definition) is 1. The number of nitrogens with one attached hydrogen (secondary N) is 1. The maximum atomic E-state index is 13.1. The van der Waals surface area contributed by atoms with Crippen LogP contribution >= 0.6 is 11.6 Å². The number of nitrogens with zero attached hydrogens (tertiary/aromatic N) is 2. The summed E-state index contributed by atoms with van der Waals surface area (Å²) in [5, 5.41) is 6.67. The van der Waals surface area contributed by atoms with Crippen LogP contribution in [0.15, 0.2) is 77.3 Å². The first-order chi connectivity index (χ1) is 14.6. The molecule has 150 valence electrons. The maximum Gasteiger partial charge on any atom is 0.262 e. The molecular formula is C22H15ClFN3O3. The lowest BCUT2D eigenvalue weighted by Gasteiger charge is -2.09. The first kappa shape index (κ1) is 19.6. The summed E-state index contributed by atoms with van der Waals surface area (Å²) in [6.07, 6.45) is 0. The van der Waals surface area contributed by atoms with Gasteiger partial charge in [-0.1, -0.05) is 47.1 Å². The van der Waals surface area contributed by atoms with Gasteiger partial charge in [-0.2, -0.15) is 4.98 Å². The average molecular weight is 424 g/mol. The average Bonchev–Trinajstić information content (AvgIpc) is 3.26. The van der Waals surface area contributed by atoms with Crippen molar-refractivity contribution in [2.24, 2.45) is 0 Å². The molecule has 0 aliphatic heterocycles. The van der Waals surface area contributed by atoms with Crippen LogP contribution in [0.3, 0.4) is 0 Å². The highest BCUT2D eigenvalue weighted by molar-refractivity contribution is 6.33. The molecule has 0 saturated heterocycles. The Morgan fingerprint density at radius 2 is 1.80 bits per heavy atom. The van der Waals surface area contributed by atoms with E-state index in [2.05, 4.69) is 15.5 Å². The van der Waals surface area contributed by atoms with Crippen LogP contribution in [0.25, 0.3) is 22.8 Å². The summed E-state index contributed by atoms with van der Waals surface area (Å²) in [5.41, 5.74) is 1.90. The molecule has 1 heterocycles. The van der Waals surface area contributed by atoms with Gasteiger partial charge in [-0.25, -0.2) is 4.39 Å². The Morgan fingerprint density at radius 1 is 1.03 bits per heavy atom. The number of halogens is 2. The Morgan fingerprint density at radius 3 is 2.53 bits per heavy atom. The third-order valence-electron chi connectivity index (χ3n) is 4.13. The van der Waals surface area contributed by atoms with Crippen LogP contribution in [0.4, 0.5) is 10.1 Å². The van der Waals surface area contributed by atoms with Gasteiger partial charge < -0.3 is 14.6 Å². The van der Waals surface area contributed by atoms with E-state index >= 15 is 0 Å². The number of rotatable bonds is 6. The zero-order chi connectivity index (χ0) is 20.9. The summed E-state index contributed by atoms with van der Waals surface area (Å²) >= 11 is 5.89. The molecule has 3 aromatic carbocycles. The van der Waals surface area contributed by atoms with Gasteiger partial charge in [0.1, 0.15) is 11.6 Å². The first-order valence-electron chi connectivity index (χ1n) is 8.96. The lowest BCUT2D eigenvalue weighted by molar-refractivity contribution is -0.118. The smallest absolute Gasteiger partial charge is 0.262 e. The summed E-state index contributed by atoms with van der Waals surface area (Å²) in [4.78, 5) is 16.4. The fourth-order valence-corrected chi connectivity index (χ4v) is 2.88. The lowest BCUT2D eigenvalue weighted by atomic mass is 10.2. The molecule has 0 bridgehead atoms. The minimum absolute atomic E-state index is 0.113. The van der Waals surface area contributed by atoms with Crippen molar-refractivity contribution in [3.05, 3.63) is 83.6 Å². The van der Waals surface area contributed by atoms with Crippen molar-refractivity contribution in [3.8, 4) is 28.6 Å². The molecule has 4 rings (SSSR count). The van der Waals surface area contributed by atoms with Crippen LogP contribution in [-0.2, 0) is 4.79 Å². The van der Waals surface area contributed by atoms with Crippen molar-refractivity contribution < 1.29 is 18.4 Å². The van der Waals surface area contributed by atoms with Gasteiger partial charge in [-0.3, -0.25) is 4.79 Å². The van der Waals surface area contributed by atoms with Crippen molar-refractivity contribution in [1.82, 2.24) is 10.1 Å². The molecular weight excluding hydrogens is 409 g/mol. The van der Waals surface area contributed by atoms with Crippen molar-refractivity contribution in [2.75, 3.05) is 11.9 Å². The summed E-state index contributed by atoms with van der Waals surface area (Å²) in [7, 11) is 0. The van der Waals surface area contributed by atoms with Crippen molar-refractivity contribution in [3.63, 3.8) is 0 Å². The van der Waals surface area contributed by atoms with Crippen LogP contribution < -0.4 is 10.1 Å². The molecule has 1 amide bonds. The fourth-order valence-electron chi connectivity index (χ4n) is 2.66. The highest BCUT2D eigenvalue weighted by Crippen LogP contribution is 2.25. The maximum absolute atomic E-state index is 13.1. The Bertz CT molecular complexity index is 1160. The third-order valence-corrected chi connectivity index (χ3v) is 4.45. The number of anilines is 1. The molecule has 0 unspecified atom stereocenters. The highest BCUT2D eigenvalue weighted by atomic mass is 35.5. The molecule has 0 spiro atoms. The Balaban J connectivity index is 1.36. The molecule has 0 aliphatic carbocycles. The quantitative estimate of drug-likeness (QED) is 0.460. The normalized spacial score (nSPS) is 10.6. The minimum Gasteiger partial charge on any atom is -0.484 e. The predicted octanol–water partition coefficient (Wildman–Crippen LogP) is 5.21. The van der Waals surface area contributed by atoms with Gasteiger partial charge in [0.25, 0.3) is 11.8 Å². The minimum atomic E-state index is -0.480. The van der Waals surface area contributed by atoms with Crippen LogP contribution in [0, 0.1) is 5.82 Å². The largest absolute Gasteiger partial charge is 0.484 e. The van der Waals surface area contributed by atoms with E-state index in [1.54, 1.807) is 24.3 Å². The second-order valence-electron chi connectivity index (χ2n) is 6.27. The van der Waals surface area contributed by atoms with Gasteiger partial charge in [0, 0.05) is 11.1 Å². The number of benzene rings is 3. The summed E-state index contributed by atoms with van der Waals surface area (Å²) in [6.45, 7) is -0.230. The van der Waals surface area contributed by atoms with E-state index in [-0.39, 0.29) is 11.6 Å². The standard InChI is InChI=1S/C22H15ClFN3O3/c23-18-12-16(24)8-11-19(18)25-20(28)13-29-17-9-6-15(7-10-17)22-26-21(27-30-22)14-4-2-1-3-5-14/h1-12H,13H2,(H,25,28). The van der Waals surface area contributed by atoms with Gasteiger partial charge in [-0.05, 0) is 42.5 Å². The number of ether oxygens (including phenoxy) is 1. The molecule has 30 heavy (non-hydrogen) atoms. The van der Waals surface area contributed by atoms with E-state index in [0.29, 0.717) is 23.2 Å². The van der Waals surface area contributed by atoms with Crippen LogP contribution in [-0.4, -0.2) is 22.7 Å². The second-order valence-corrected chi connectivity index (χ2v) is 6.68. The van der Waals surface area contributed by atoms with Crippen LogP contribution in [0.1, 0.15) is 0 Å². The van der Waals surface area contributed by atoms with Crippen molar-refractivity contribution >= 4 is 23.2 Å². The van der Waals surface area contributed by atoms with Crippen molar-refractivity contribution in [2.45, 2.75) is 0 Å². The number of amides is 1. The molecule has 1 aromatic heterocycles. The SMILES string of the molecule is O=C(COc1ccc(-c2nc(-c3ccccc3)no2)cc1)Nc1ccc(F)cc1Cl. The monoisotopic (exact) mass is 423 g/mol. The number of carbonyl (C=O) groups excluding carboxylic acids is 1. The van der Waals surface area contributed by atoms with E-state index in [1.165, 1.54) is 12.1 Å². The van der Waals surface area contributed by atoms with Crippen LogP contribution in [0.5, 0.6) is 5.75 Å². The van der Waals surface area contributed by atoms with Gasteiger partial charge >= 0.3 is 0 Å². The number of hydrogen-bond acceptors (Lipinski definition) is 5. The molecule has 0 atom stereocenters. The molecule has 4 aromatic rings. The molecule has 0 fully saturated rings. The molecule has 8 heteroatoms. The Labute approximate surface area is 176 Å². The van der Waals surface area contributed by atoms with Gasteiger partial charge in [0.2, 0.25) is 5.82 Å². The summed E-state index contributed by atoms with van der Waals surface area (Å²) in [5.74, 6) is 0.469. The molecule has 0 radical (unpaired) electrons. The molecule has 6 nitrogen and oxygen atoms in total. The zero-order valence-electron chi connectivity index (χ0n) is 15.5. The van der Waals surface area contributed by atoms with E-state index < -0.39 is 11.7 Å². The molecule has 1 N–H and O–H groups in total. The first-order valence-corrected chi connectivity index (χ1v) is 9.33. The Hall–Kier alpha value is -3.71. The third kappa shape index (κ3) is 4.64. The highest BCUT2D eigenvalue weighted by Gasteiger charge is 2.11. The number of carbonyl (C=O) groups is 1. The van der Waals surface area contributed by atoms with E-state index in [1.807, 2.05) is 30.3 Å². The summed E-state index contributed by atoms with van der Waals surface area (Å²) in [6, 6.07) is 20.1. The zero-order valence-corrected chi connectivity index (χ0v) is 16.3. The lowest BCUT2D eigenvalue weighted by Crippen LogP contribution is -2.20. The fraction of sp³-hybridized carbons (Fsp3) is 0.0455. The van der Waals surface area contributed by atoms with Gasteiger partial charge in [-0.15, -0.1) is 0 Å². The van der Waals surface area contributed by atoms with Crippen molar-refractivity contribution in [1.29, 1.82) is 0 Å². The molecule has 0 aliphatic rings. The van der Waals surface area contributed by atoms with E-state index in [0.717, 1.165) is 17.2 Å². The Kier molecular flexibility index (Phi) is 5.72. The van der Waals surface area contributed by atoms with Gasteiger partial charge in [0.05, 0.1) is 10.7 Å². The summed E-state index contributed by atoms with van der Waals surface area (Å²) < 4.78 is 23.9. The second kappa shape index (κ2) is 8.75. The number of aromatic nitrogens is 2. The van der Waals surface area contributed by atoms with E-state index in [9.17, 15) is 9.18 Å². The van der Waals surface area contributed by atoms with Gasteiger partial charge in [0.15, 0.2) is 6.61 Å².